The van der Waals surface area contributed by atoms with Gasteiger partial charge in [0.05, 0.1) is 0 Å². The summed E-state index contributed by atoms with van der Waals surface area (Å²) in [6.45, 7) is 0. The molecule has 0 amide bonds. The summed E-state index contributed by atoms with van der Waals surface area (Å²) in [6.07, 6.45) is -29.6. The molecule has 2 nitrogen and oxygen atoms in total. The molecule has 15 heteroatoms. The maximum absolute atomic E-state index is 13.1. The average molecular weight is 364 g/mol. The van der Waals surface area contributed by atoms with E-state index < -0.39 is 42.8 Å². The molecule has 132 valence electrons. The first kappa shape index (κ1) is 20.6. The Morgan fingerprint density at radius 2 is 1.18 bits per heavy atom. The molecule has 0 aliphatic rings. The molecule has 0 saturated heterocycles. The highest BCUT2D eigenvalue weighted by atomic mass is 19.4. The van der Waals surface area contributed by atoms with E-state index in [1.54, 1.807) is 4.74 Å². The van der Waals surface area contributed by atoms with E-state index in [-0.39, 0.29) is 0 Å². The van der Waals surface area contributed by atoms with Crippen molar-refractivity contribution < 1.29 is 66.5 Å². The number of hydrogen-bond donors (Lipinski definition) is 0. The van der Waals surface area contributed by atoms with E-state index in [4.69, 9.17) is 0 Å². The van der Waals surface area contributed by atoms with E-state index in [9.17, 15) is 57.1 Å². The molecule has 0 bridgehead atoms. The van der Waals surface area contributed by atoms with E-state index in [2.05, 4.69) is 0 Å². The van der Waals surface area contributed by atoms with E-state index in [1.165, 1.54) is 0 Å². The Kier molecular flexibility index (Phi) is 5.62. The molecule has 0 aliphatic heterocycles. The van der Waals surface area contributed by atoms with Crippen LogP contribution in [0.4, 0.5) is 57.1 Å². The van der Waals surface area contributed by atoms with Crippen molar-refractivity contribution in [2.24, 2.45) is 0 Å². The van der Waals surface area contributed by atoms with Crippen LogP contribution in [-0.2, 0) is 9.47 Å². The lowest BCUT2D eigenvalue weighted by molar-refractivity contribution is -0.507. The molecule has 0 heterocycles. The minimum Gasteiger partial charge on any atom is -0.398 e. The predicted molar refractivity (Wildman–Crippen MR) is 38.3 cm³/mol. The molecule has 0 spiro atoms. The minimum atomic E-state index is -7.21. The molecule has 0 aliphatic carbocycles. The molecule has 0 saturated carbocycles. The second-order valence-corrected chi connectivity index (χ2v) is 3.21. The van der Waals surface area contributed by atoms with Crippen LogP contribution in [0.25, 0.3) is 0 Å². The number of alkyl halides is 10. The number of halogens is 13. The van der Waals surface area contributed by atoms with Gasteiger partial charge in [-0.25, -0.2) is 8.78 Å². The summed E-state index contributed by atoms with van der Waals surface area (Å²) in [5.41, 5.74) is 0. The molecule has 0 N–H and O–H groups in total. The van der Waals surface area contributed by atoms with Gasteiger partial charge in [-0.1, -0.05) is 0 Å². The topological polar surface area (TPSA) is 18.5 Å². The van der Waals surface area contributed by atoms with Gasteiger partial charge in [-0.05, 0) is 0 Å². The van der Waals surface area contributed by atoms with Crippen LogP contribution in [0, 0.1) is 0 Å². The van der Waals surface area contributed by atoms with Gasteiger partial charge in [-0.3, -0.25) is 4.74 Å². The summed E-state index contributed by atoms with van der Waals surface area (Å²) in [5.74, 6) is -7.08. The highest BCUT2D eigenvalue weighted by Gasteiger charge is 2.79. The van der Waals surface area contributed by atoms with Gasteiger partial charge in [0.1, 0.15) is 0 Å². The smallest absolute Gasteiger partial charge is 0.398 e. The van der Waals surface area contributed by atoms with Gasteiger partial charge < -0.3 is 4.74 Å². The lowest BCUT2D eigenvalue weighted by Crippen LogP contribution is -2.61. The van der Waals surface area contributed by atoms with Crippen molar-refractivity contribution in [3.63, 3.8) is 0 Å². The van der Waals surface area contributed by atoms with Gasteiger partial charge in [-0.2, -0.15) is 48.3 Å². The van der Waals surface area contributed by atoms with Crippen LogP contribution < -0.4 is 0 Å². The Bertz CT molecular complexity index is 423. The molecule has 0 aromatic heterocycles. The van der Waals surface area contributed by atoms with Crippen LogP contribution in [0.5, 0.6) is 0 Å². The van der Waals surface area contributed by atoms with Gasteiger partial charge in [0, 0.05) is 0 Å². The Morgan fingerprint density at radius 3 is 1.45 bits per heavy atom. The lowest BCUT2D eigenvalue weighted by atomic mass is 10.2. The van der Waals surface area contributed by atoms with Crippen LogP contribution in [0.3, 0.4) is 0 Å². The SMILES string of the molecule is FC(F)=C(F)OC(F)(F)C(F)(OC(F)(F)C(F)F)C(F)(F)F. The van der Waals surface area contributed by atoms with Gasteiger partial charge in [-0.15, -0.1) is 0 Å². The summed E-state index contributed by atoms with van der Waals surface area (Å²) in [5, 5.41) is 0. The van der Waals surface area contributed by atoms with Crippen molar-refractivity contribution in [3.8, 4) is 0 Å². The van der Waals surface area contributed by atoms with Gasteiger partial charge in [0.25, 0.3) is 0 Å². The van der Waals surface area contributed by atoms with E-state index in [1.807, 2.05) is 4.74 Å². The van der Waals surface area contributed by atoms with Crippen LogP contribution in [0.2, 0.25) is 0 Å². The number of rotatable bonds is 6. The second-order valence-electron chi connectivity index (χ2n) is 3.21. The molecule has 0 aromatic carbocycles. The Hall–Kier alpha value is -1.41. The van der Waals surface area contributed by atoms with E-state index in [0.29, 0.717) is 0 Å². The molecular weight excluding hydrogens is 363 g/mol. The highest BCUT2D eigenvalue weighted by Crippen LogP contribution is 2.51. The van der Waals surface area contributed by atoms with Crippen LogP contribution in [-0.4, -0.2) is 30.7 Å². The summed E-state index contributed by atoms with van der Waals surface area (Å²) >= 11 is 0. The third kappa shape index (κ3) is 4.07. The fourth-order valence-corrected chi connectivity index (χ4v) is 0.731. The summed E-state index contributed by atoms with van der Waals surface area (Å²) in [7, 11) is 0. The molecule has 0 fully saturated rings. The predicted octanol–water partition coefficient (Wildman–Crippen LogP) is 4.73. The van der Waals surface area contributed by atoms with Crippen LogP contribution in [0.15, 0.2) is 12.1 Å². The third-order valence-corrected chi connectivity index (χ3v) is 1.64. The molecule has 1 atom stereocenters. The van der Waals surface area contributed by atoms with Gasteiger partial charge in [0.2, 0.25) is 0 Å². The van der Waals surface area contributed by atoms with Gasteiger partial charge in [0.15, 0.2) is 0 Å². The first-order chi connectivity index (χ1) is 9.48. The second kappa shape index (κ2) is 6.00. The number of ether oxygens (including phenoxy) is 2. The standard InChI is InChI=1S/C7HF13O2/c8-1(9)2(10)21-7(19,20)5(15,6(16,17)18)22-4(13,14)3(11)12/h3H. The monoisotopic (exact) mass is 364 g/mol. The highest BCUT2D eigenvalue weighted by molar-refractivity contribution is 4.92. The van der Waals surface area contributed by atoms with E-state index in [0.717, 1.165) is 0 Å². The molecule has 22 heavy (non-hydrogen) atoms. The summed E-state index contributed by atoms with van der Waals surface area (Å²) in [4.78, 5) is 0. The zero-order valence-corrected chi connectivity index (χ0v) is 9.31. The Balaban J connectivity index is 5.87. The van der Waals surface area contributed by atoms with E-state index >= 15 is 0 Å². The maximum Gasteiger partial charge on any atom is 0.471 e. The van der Waals surface area contributed by atoms with Crippen molar-refractivity contribution in [3.05, 3.63) is 12.1 Å². The molecule has 0 aromatic rings. The zero-order chi connectivity index (χ0) is 18.1. The quantitative estimate of drug-likeness (QED) is 0.501. The van der Waals surface area contributed by atoms with Crippen LogP contribution >= 0.6 is 0 Å². The molecule has 0 rings (SSSR count). The molecule has 0 radical (unpaired) electrons. The summed E-state index contributed by atoms with van der Waals surface area (Å²) in [6, 6.07) is -3.78. The third-order valence-electron chi connectivity index (χ3n) is 1.64. The van der Waals surface area contributed by atoms with Crippen molar-refractivity contribution in [1.82, 2.24) is 0 Å². The zero-order valence-electron chi connectivity index (χ0n) is 9.31. The van der Waals surface area contributed by atoms with Crippen LogP contribution in [0.1, 0.15) is 0 Å². The Morgan fingerprint density at radius 1 is 0.773 bits per heavy atom. The van der Waals surface area contributed by atoms with Crippen molar-refractivity contribution in [2.75, 3.05) is 0 Å². The summed E-state index contributed by atoms with van der Waals surface area (Å²) < 4.78 is 161. The fraction of sp³-hybridized carbons (Fsp3) is 0.714. The minimum absolute atomic E-state index is 1.71. The molecular formula is C7HF13O2. The van der Waals surface area contributed by atoms with Crippen molar-refractivity contribution in [2.45, 2.75) is 30.7 Å². The van der Waals surface area contributed by atoms with Gasteiger partial charge >= 0.3 is 42.8 Å². The Labute approximate surface area is 111 Å². The maximum atomic E-state index is 13.1. The van der Waals surface area contributed by atoms with Crippen molar-refractivity contribution >= 4 is 0 Å². The largest absolute Gasteiger partial charge is 0.471 e. The van der Waals surface area contributed by atoms with Crippen molar-refractivity contribution in [1.29, 1.82) is 0 Å². The molecule has 1 unspecified atom stereocenters. The normalized spacial score (nSPS) is 16.5. The first-order valence-electron chi connectivity index (χ1n) is 4.37. The number of hydrogen-bond acceptors (Lipinski definition) is 2. The first-order valence-corrected chi connectivity index (χ1v) is 4.37. The average Bonchev–Trinajstić information content (AvgIpc) is 2.25. The lowest BCUT2D eigenvalue weighted by Gasteiger charge is -2.35. The fourth-order valence-electron chi connectivity index (χ4n) is 0.731.